The molecule has 0 aromatic rings. The van der Waals surface area contributed by atoms with E-state index in [0.717, 1.165) is 0 Å². The zero-order valence-corrected chi connectivity index (χ0v) is 4.57. The van der Waals surface area contributed by atoms with Crippen LogP contribution in [0.25, 0.3) is 0 Å². The molecule has 2 nitrogen and oxygen atoms in total. The number of rotatable bonds is 0. The number of aliphatic imine (C=N–C) groups is 1. The Kier molecular flexibility index (Phi) is 1.22. The van der Waals surface area contributed by atoms with Crippen LogP contribution in [-0.4, -0.2) is 11.2 Å². The van der Waals surface area contributed by atoms with Crippen molar-refractivity contribution in [3.05, 3.63) is 6.67 Å². The smallest absolute Gasteiger partial charge is 0.196 e. The van der Waals surface area contributed by atoms with E-state index in [-0.39, 0.29) is 4.95 Å². The Morgan fingerprint density at radius 1 is 2.00 bits per heavy atom. The van der Waals surface area contributed by atoms with Crippen LogP contribution in [0.1, 0.15) is 0 Å². The number of nitrogens with zero attached hydrogens (tertiary/aromatic N) is 1. The molecule has 1 aliphatic rings. The van der Waals surface area contributed by atoms with Gasteiger partial charge in [0.2, 0.25) is 0 Å². The summed E-state index contributed by atoms with van der Waals surface area (Å²) in [7, 11) is 0. The summed E-state index contributed by atoms with van der Waals surface area (Å²) in [5.74, 6) is 0. The number of alkyl halides is 1. The first kappa shape index (κ1) is 4.27. The van der Waals surface area contributed by atoms with Crippen molar-refractivity contribution in [2.24, 2.45) is 4.99 Å². The molecule has 1 atom stereocenters. The summed E-state index contributed by atoms with van der Waals surface area (Å²) in [6.07, 6.45) is 1.72. The first-order chi connectivity index (χ1) is 2.89. The number of halogens is 1. The molecule has 1 aliphatic heterocycles. The summed E-state index contributed by atoms with van der Waals surface area (Å²) >= 11 is 3.22. The summed E-state index contributed by atoms with van der Waals surface area (Å²) < 4.78 is 0. The van der Waals surface area contributed by atoms with Crippen LogP contribution in [0.3, 0.4) is 0 Å². The molecule has 3 heteroatoms. The molecule has 0 aromatic heterocycles. The minimum Gasteiger partial charge on any atom is -0.269 e. The van der Waals surface area contributed by atoms with Crippen LogP contribution in [0.4, 0.5) is 0 Å². The highest BCUT2D eigenvalue weighted by Gasteiger charge is 2.02. The van der Waals surface area contributed by atoms with Crippen molar-refractivity contribution in [3.63, 3.8) is 0 Å². The van der Waals surface area contributed by atoms with Gasteiger partial charge < -0.3 is 0 Å². The highest BCUT2D eigenvalue weighted by Crippen LogP contribution is 1.96. The Morgan fingerprint density at radius 3 is 3.00 bits per heavy atom. The summed E-state index contributed by atoms with van der Waals surface area (Å²) in [6, 6.07) is 0. The summed E-state index contributed by atoms with van der Waals surface area (Å²) in [5.41, 5.74) is 0. The lowest BCUT2D eigenvalue weighted by Crippen LogP contribution is -2.13. The van der Waals surface area contributed by atoms with E-state index in [0.29, 0.717) is 0 Å². The van der Waals surface area contributed by atoms with Gasteiger partial charge in [-0.3, -0.25) is 10.3 Å². The van der Waals surface area contributed by atoms with Crippen LogP contribution >= 0.6 is 15.9 Å². The SMILES string of the molecule is BrC1C=N[C]N1. The maximum Gasteiger partial charge on any atom is 0.196 e. The third kappa shape index (κ3) is 0.786. The van der Waals surface area contributed by atoms with E-state index in [2.05, 4.69) is 32.9 Å². The average molecular weight is 147 g/mol. The summed E-state index contributed by atoms with van der Waals surface area (Å²) in [5, 5.41) is 2.76. The van der Waals surface area contributed by atoms with Crippen molar-refractivity contribution in [1.82, 2.24) is 5.32 Å². The van der Waals surface area contributed by atoms with E-state index < -0.39 is 0 Å². The van der Waals surface area contributed by atoms with Crippen molar-refractivity contribution in [1.29, 1.82) is 0 Å². The second-order valence-corrected chi connectivity index (χ2v) is 1.92. The lowest BCUT2D eigenvalue weighted by atomic mass is 10.8. The molecule has 32 valence electrons. The molecule has 0 saturated carbocycles. The summed E-state index contributed by atoms with van der Waals surface area (Å²) in [6.45, 7) is 2.54. The van der Waals surface area contributed by atoms with Gasteiger partial charge in [-0.05, 0) is 0 Å². The van der Waals surface area contributed by atoms with Crippen molar-refractivity contribution < 1.29 is 0 Å². The van der Waals surface area contributed by atoms with Crippen LogP contribution in [0.5, 0.6) is 0 Å². The molecule has 0 saturated heterocycles. The van der Waals surface area contributed by atoms with Gasteiger partial charge in [-0.15, -0.1) is 0 Å². The topological polar surface area (TPSA) is 24.4 Å². The molecule has 1 heterocycles. The minimum absolute atomic E-state index is 0.206. The third-order valence-corrected chi connectivity index (χ3v) is 0.938. The molecule has 6 heavy (non-hydrogen) atoms. The zero-order valence-electron chi connectivity index (χ0n) is 2.98. The summed E-state index contributed by atoms with van der Waals surface area (Å²) in [4.78, 5) is 3.84. The molecule has 0 aromatic carbocycles. The Labute approximate surface area is 44.8 Å². The minimum atomic E-state index is 0.206. The van der Waals surface area contributed by atoms with E-state index in [4.69, 9.17) is 0 Å². The van der Waals surface area contributed by atoms with Crippen LogP contribution < -0.4 is 5.32 Å². The maximum atomic E-state index is 3.63. The van der Waals surface area contributed by atoms with Gasteiger partial charge in [-0.2, -0.15) is 0 Å². The van der Waals surface area contributed by atoms with Crippen LogP contribution in [0.15, 0.2) is 4.99 Å². The van der Waals surface area contributed by atoms with Gasteiger partial charge in [0.1, 0.15) is 4.95 Å². The highest BCUT2D eigenvalue weighted by atomic mass is 79.9. The predicted molar refractivity (Wildman–Crippen MR) is 27.6 cm³/mol. The van der Waals surface area contributed by atoms with Crippen LogP contribution in [0, 0.1) is 6.67 Å². The molecule has 2 radical (unpaired) electrons. The highest BCUT2D eigenvalue weighted by molar-refractivity contribution is 9.09. The van der Waals surface area contributed by atoms with Gasteiger partial charge in [0.05, 0.1) is 0 Å². The van der Waals surface area contributed by atoms with Gasteiger partial charge in [0.25, 0.3) is 0 Å². The van der Waals surface area contributed by atoms with Crippen molar-refractivity contribution in [3.8, 4) is 0 Å². The normalized spacial score (nSPS) is 31.8. The molecule has 1 N–H and O–H groups in total. The first-order valence-electron chi connectivity index (χ1n) is 1.57. The second-order valence-electron chi connectivity index (χ2n) is 0.936. The van der Waals surface area contributed by atoms with E-state index in [1.54, 1.807) is 6.21 Å². The molecule has 1 unspecified atom stereocenters. The Hall–Kier alpha value is 0.110. The van der Waals surface area contributed by atoms with Gasteiger partial charge in [0, 0.05) is 6.21 Å². The Morgan fingerprint density at radius 2 is 2.83 bits per heavy atom. The number of hydrogen-bond acceptors (Lipinski definition) is 2. The number of hydrogen-bond donors (Lipinski definition) is 1. The first-order valence-corrected chi connectivity index (χ1v) is 2.49. The van der Waals surface area contributed by atoms with Crippen molar-refractivity contribution in [2.75, 3.05) is 0 Å². The van der Waals surface area contributed by atoms with Gasteiger partial charge >= 0.3 is 0 Å². The monoisotopic (exact) mass is 146 g/mol. The molecule has 1 rings (SSSR count). The molecule has 0 amide bonds. The maximum absolute atomic E-state index is 3.63. The fraction of sp³-hybridized carbons (Fsp3) is 0.333. The predicted octanol–water partition coefficient (Wildman–Crippen LogP) is 0.378. The van der Waals surface area contributed by atoms with Gasteiger partial charge in [-0.25, -0.2) is 0 Å². The zero-order chi connectivity index (χ0) is 4.41. The molecular weight excluding hydrogens is 144 g/mol. The fourth-order valence-electron chi connectivity index (χ4n) is 0.239. The van der Waals surface area contributed by atoms with E-state index in [1.165, 1.54) is 0 Å². The Balaban J connectivity index is 2.38. The van der Waals surface area contributed by atoms with E-state index in [9.17, 15) is 0 Å². The third-order valence-electron chi connectivity index (χ3n) is 0.472. The lowest BCUT2D eigenvalue weighted by Gasteiger charge is -1.87. The van der Waals surface area contributed by atoms with E-state index in [1.807, 2.05) is 0 Å². The van der Waals surface area contributed by atoms with Crippen LogP contribution in [-0.2, 0) is 0 Å². The molecule has 0 aliphatic carbocycles. The van der Waals surface area contributed by atoms with Gasteiger partial charge in [0.15, 0.2) is 6.67 Å². The molecular formula is C3H3BrN2. The Bertz CT molecular complexity index is 71.2. The molecule has 0 fully saturated rings. The molecule has 0 bridgehead atoms. The fourth-order valence-corrected chi connectivity index (χ4v) is 0.459. The second kappa shape index (κ2) is 1.71. The average Bonchev–Trinajstić information content (AvgIpc) is 1.86. The van der Waals surface area contributed by atoms with Crippen molar-refractivity contribution in [2.45, 2.75) is 4.95 Å². The van der Waals surface area contributed by atoms with Crippen LogP contribution in [0.2, 0.25) is 0 Å². The molecule has 0 spiro atoms. The van der Waals surface area contributed by atoms with Crippen molar-refractivity contribution >= 4 is 22.1 Å². The standard InChI is InChI=1S/C3H3BrN2/c4-3-1-5-2-6-3/h1,3,6H. The van der Waals surface area contributed by atoms with Gasteiger partial charge in [-0.1, -0.05) is 15.9 Å². The quantitative estimate of drug-likeness (QED) is 0.388. The van der Waals surface area contributed by atoms with E-state index >= 15 is 0 Å². The number of nitrogens with one attached hydrogen (secondary N) is 1. The lowest BCUT2D eigenvalue weighted by molar-refractivity contribution is 0.934. The largest absolute Gasteiger partial charge is 0.269 e.